The molecule has 0 saturated carbocycles. The Balaban J connectivity index is 1.65. The summed E-state index contributed by atoms with van der Waals surface area (Å²) >= 11 is 0. The molecule has 0 aliphatic carbocycles. The van der Waals surface area contributed by atoms with Crippen molar-refractivity contribution >= 4 is 50.0 Å². The van der Waals surface area contributed by atoms with Crippen LogP contribution in [0.3, 0.4) is 0 Å². The summed E-state index contributed by atoms with van der Waals surface area (Å²) in [7, 11) is 0. The van der Waals surface area contributed by atoms with Crippen molar-refractivity contribution in [2.45, 2.75) is 6.82 Å². The van der Waals surface area contributed by atoms with Gasteiger partial charge < -0.3 is 0 Å². The number of hydrogen-bond donors (Lipinski definition) is 0. The molecule has 0 nitrogen and oxygen atoms in total. The summed E-state index contributed by atoms with van der Waals surface area (Å²) in [6.45, 7) is 2.75. The lowest BCUT2D eigenvalue weighted by molar-refractivity contribution is 1.66. The number of hydrogen-bond acceptors (Lipinski definition) is 0. The Bertz CT molecular complexity index is 1540. The molecule has 0 atom stereocenters. The summed E-state index contributed by atoms with van der Waals surface area (Å²) in [5, 5.41) is 8.34. The van der Waals surface area contributed by atoms with E-state index < -0.39 is 0 Å². The van der Waals surface area contributed by atoms with Gasteiger partial charge in [0.2, 0.25) is 6.71 Å². The van der Waals surface area contributed by atoms with Crippen LogP contribution in [0.4, 0.5) is 0 Å². The van der Waals surface area contributed by atoms with E-state index in [1.54, 1.807) is 0 Å². The van der Waals surface area contributed by atoms with Crippen molar-refractivity contribution < 1.29 is 0 Å². The minimum atomic E-state index is 0.374. The first-order valence-electron chi connectivity index (χ1n) is 11.4. The monoisotopic (exact) mass is 404 g/mol. The summed E-state index contributed by atoms with van der Waals surface area (Å²) in [6, 6.07) is 40.2. The second kappa shape index (κ2) is 6.58. The molecule has 0 bridgehead atoms. The molecule has 0 saturated heterocycles. The topological polar surface area (TPSA) is 0 Å². The molecule has 0 unspecified atom stereocenters. The first-order chi connectivity index (χ1) is 15.8. The van der Waals surface area contributed by atoms with Gasteiger partial charge in [-0.2, -0.15) is 0 Å². The quantitative estimate of drug-likeness (QED) is 0.215. The van der Waals surface area contributed by atoms with Crippen LogP contribution in [0, 0.1) is 0 Å². The molecule has 1 heterocycles. The molecule has 0 aromatic heterocycles. The first-order valence-corrected chi connectivity index (χ1v) is 11.4. The SMILES string of the molecule is CB1c2cc(-c3ccccc3)cc3c4ccccc4c4cc(-c5ccccc5)cc1c4c23. The van der Waals surface area contributed by atoms with Crippen molar-refractivity contribution in [1.82, 2.24) is 0 Å². The van der Waals surface area contributed by atoms with Crippen molar-refractivity contribution in [3.8, 4) is 22.3 Å². The van der Waals surface area contributed by atoms with Crippen molar-refractivity contribution in [2.24, 2.45) is 0 Å². The lowest BCUT2D eigenvalue weighted by atomic mass is 9.44. The van der Waals surface area contributed by atoms with E-state index >= 15 is 0 Å². The minimum absolute atomic E-state index is 0.374. The molecule has 0 radical (unpaired) electrons. The zero-order chi connectivity index (χ0) is 21.2. The van der Waals surface area contributed by atoms with E-state index in [1.807, 2.05) is 0 Å². The molecule has 32 heavy (non-hydrogen) atoms. The molecule has 0 fully saturated rings. The molecule has 0 amide bonds. The van der Waals surface area contributed by atoms with E-state index in [0.717, 1.165) is 0 Å². The van der Waals surface area contributed by atoms with E-state index in [4.69, 9.17) is 0 Å². The van der Waals surface area contributed by atoms with Crippen LogP contribution < -0.4 is 10.9 Å². The Morgan fingerprint density at radius 2 is 0.812 bits per heavy atom. The Morgan fingerprint density at radius 1 is 0.406 bits per heavy atom. The van der Waals surface area contributed by atoms with Crippen LogP contribution in [-0.4, -0.2) is 6.71 Å². The molecule has 1 aliphatic rings. The van der Waals surface area contributed by atoms with Gasteiger partial charge in [-0.3, -0.25) is 0 Å². The van der Waals surface area contributed by atoms with Gasteiger partial charge in [-0.05, 0) is 66.7 Å². The van der Waals surface area contributed by atoms with Gasteiger partial charge in [0, 0.05) is 0 Å². The molecule has 7 rings (SSSR count). The first kappa shape index (κ1) is 17.8. The molecule has 6 aromatic carbocycles. The van der Waals surface area contributed by atoms with Crippen LogP contribution in [0.5, 0.6) is 0 Å². The predicted octanol–water partition coefficient (Wildman–Crippen LogP) is 7.03. The van der Waals surface area contributed by atoms with Crippen LogP contribution in [-0.2, 0) is 0 Å². The van der Waals surface area contributed by atoms with Gasteiger partial charge >= 0.3 is 0 Å². The van der Waals surface area contributed by atoms with Crippen molar-refractivity contribution in [1.29, 1.82) is 0 Å². The van der Waals surface area contributed by atoms with Crippen LogP contribution in [0.15, 0.2) is 109 Å². The van der Waals surface area contributed by atoms with Crippen LogP contribution >= 0.6 is 0 Å². The molecular weight excluding hydrogens is 383 g/mol. The van der Waals surface area contributed by atoms with Crippen LogP contribution in [0.1, 0.15) is 0 Å². The van der Waals surface area contributed by atoms with Crippen molar-refractivity contribution in [3.05, 3.63) is 109 Å². The lowest BCUT2D eigenvalue weighted by Crippen LogP contribution is -2.35. The summed E-state index contributed by atoms with van der Waals surface area (Å²) in [6.07, 6.45) is 0. The highest BCUT2D eigenvalue weighted by Crippen LogP contribution is 2.39. The molecule has 1 aliphatic heterocycles. The number of benzene rings is 6. The van der Waals surface area contributed by atoms with E-state index in [0.29, 0.717) is 6.71 Å². The lowest BCUT2D eigenvalue weighted by Gasteiger charge is -2.13. The zero-order valence-electron chi connectivity index (χ0n) is 18.0. The third-order valence-electron chi connectivity index (χ3n) is 7.24. The van der Waals surface area contributed by atoms with Gasteiger partial charge in [0.1, 0.15) is 0 Å². The van der Waals surface area contributed by atoms with Gasteiger partial charge in [0.05, 0.1) is 0 Å². The Labute approximate surface area is 188 Å². The van der Waals surface area contributed by atoms with Gasteiger partial charge in [0.25, 0.3) is 0 Å². The summed E-state index contributed by atoms with van der Waals surface area (Å²) in [5.74, 6) is 0. The Kier molecular flexibility index (Phi) is 3.66. The number of rotatable bonds is 2. The Hall–Kier alpha value is -3.84. The second-order valence-corrected chi connectivity index (χ2v) is 8.98. The van der Waals surface area contributed by atoms with Gasteiger partial charge in [-0.1, -0.05) is 115 Å². The third-order valence-corrected chi connectivity index (χ3v) is 7.24. The van der Waals surface area contributed by atoms with E-state index in [9.17, 15) is 0 Å². The fourth-order valence-corrected chi connectivity index (χ4v) is 5.71. The van der Waals surface area contributed by atoms with E-state index in [2.05, 4.69) is 116 Å². The van der Waals surface area contributed by atoms with Crippen molar-refractivity contribution in [3.63, 3.8) is 0 Å². The molecule has 0 N–H and O–H groups in total. The smallest absolute Gasteiger partial charge is 0.0774 e. The normalized spacial score (nSPS) is 12.5. The van der Waals surface area contributed by atoms with Gasteiger partial charge in [-0.25, -0.2) is 0 Å². The largest absolute Gasteiger partial charge is 0.207 e. The zero-order valence-corrected chi connectivity index (χ0v) is 18.0. The maximum atomic E-state index is 2.43. The van der Waals surface area contributed by atoms with Gasteiger partial charge in [-0.15, -0.1) is 0 Å². The minimum Gasteiger partial charge on any atom is -0.0774 e. The standard InChI is InChI=1S/C31H21B/c1-32-28-18-22(20-10-4-2-5-11-20)16-26-24-14-8-9-15-25(24)27-17-23(21-12-6-3-7-13-21)19-29(32)31(27)30(26)28/h2-19H,1H3. The second-order valence-electron chi connectivity index (χ2n) is 8.98. The molecule has 6 aromatic rings. The average molecular weight is 404 g/mol. The summed E-state index contributed by atoms with van der Waals surface area (Å²) in [5.41, 5.74) is 8.08. The fraction of sp³-hybridized carbons (Fsp3) is 0.0323. The molecule has 148 valence electrons. The van der Waals surface area contributed by atoms with Crippen molar-refractivity contribution in [2.75, 3.05) is 0 Å². The van der Waals surface area contributed by atoms with E-state index in [1.165, 1.54) is 65.5 Å². The summed E-state index contributed by atoms with van der Waals surface area (Å²) in [4.78, 5) is 0. The van der Waals surface area contributed by atoms with E-state index in [-0.39, 0.29) is 0 Å². The van der Waals surface area contributed by atoms with Crippen LogP contribution in [0.25, 0.3) is 54.6 Å². The average Bonchev–Trinajstić information content (AvgIpc) is 3.16. The molecule has 0 spiro atoms. The maximum absolute atomic E-state index is 2.43. The highest BCUT2D eigenvalue weighted by molar-refractivity contribution is 6.91. The fourth-order valence-electron chi connectivity index (χ4n) is 5.71. The third kappa shape index (κ3) is 2.40. The number of fused-ring (bicyclic) bond motifs is 3. The molecular formula is C31H21B. The highest BCUT2D eigenvalue weighted by Gasteiger charge is 2.29. The Morgan fingerprint density at radius 3 is 1.25 bits per heavy atom. The maximum Gasteiger partial charge on any atom is 0.207 e. The highest BCUT2D eigenvalue weighted by atomic mass is 14.2. The van der Waals surface area contributed by atoms with Crippen LogP contribution in [0.2, 0.25) is 6.82 Å². The van der Waals surface area contributed by atoms with Gasteiger partial charge in [0.15, 0.2) is 0 Å². The predicted molar refractivity (Wildman–Crippen MR) is 141 cm³/mol. The molecule has 1 heteroatoms. The summed E-state index contributed by atoms with van der Waals surface area (Å²) < 4.78 is 0.